The van der Waals surface area contributed by atoms with Gasteiger partial charge >= 0.3 is 0 Å². The van der Waals surface area contributed by atoms with E-state index in [0.717, 1.165) is 0 Å². The lowest BCUT2D eigenvalue weighted by Gasteiger charge is -2.36. The molecule has 0 spiro atoms. The normalized spacial score (nSPS) is 14.8. The van der Waals surface area contributed by atoms with Crippen LogP contribution in [0.25, 0.3) is 0 Å². The van der Waals surface area contributed by atoms with Crippen molar-refractivity contribution in [2.24, 2.45) is 0 Å². The Kier molecular flexibility index (Phi) is 3.80. The first-order valence-corrected chi connectivity index (χ1v) is 5.88. The molecule has 1 aromatic carbocycles. The summed E-state index contributed by atoms with van der Waals surface area (Å²) < 4.78 is 15.6. The van der Waals surface area contributed by atoms with Crippen LogP contribution in [-0.2, 0) is 0 Å². The Morgan fingerprint density at radius 1 is 1.16 bits per heavy atom. The van der Waals surface area contributed by atoms with Crippen LogP contribution in [0, 0.1) is 0 Å². The number of rotatable bonds is 4. The summed E-state index contributed by atoms with van der Waals surface area (Å²) >= 11 is 0. The van der Waals surface area contributed by atoms with Crippen molar-refractivity contribution in [3.63, 3.8) is 0 Å². The second-order valence-corrected chi connectivity index (χ2v) is 4.28. The summed E-state index contributed by atoms with van der Waals surface area (Å²) in [5, 5.41) is 9.23. The molecule has 0 atom stereocenters. The number of benzene rings is 1. The molecule has 19 heavy (non-hydrogen) atoms. The molecule has 2 rings (SSSR count). The number of carbonyl (C=O) groups is 1. The van der Waals surface area contributed by atoms with Gasteiger partial charge in [-0.15, -0.1) is 0 Å². The summed E-state index contributed by atoms with van der Waals surface area (Å²) in [6, 6.07) is 3.21. The lowest BCUT2D eigenvalue weighted by atomic mass is 10.1. The van der Waals surface area contributed by atoms with Gasteiger partial charge in [0.15, 0.2) is 11.5 Å². The van der Waals surface area contributed by atoms with Gasteiger partial charge in [-0.3, -0.25) is 4.79 Å². The van der Waals surface area contributed by atoms with E-state index in [4.69, 9.17) is 14.2 Å². The van der Waals surface area contributed by atoms with Crippen molar-refractivity contribution < 1.29 is 24.1 Å². The minimum absolute atomic E-state index is 0.162. The Labute approximate surface area is 111 Å². The minimum atomic E-state index is -0.425. The van der Waals surface area contributed by atoms with Crippen molar-refractivity contribution in [1.82, 2.24) is 4.90 Å². The van der Waals surface area contributed by atoms with Gasteiger partial charge < -0.3 is 24.2 Å². The summed E-state index contributed by atoms with van der Waals surface area (Å²) in [5.41, 5.74) is 0.446. The van der Waals surface area contributed by atoms with Gasteiger partial charge in [-0.1, -0.05) is 0 Å². The first kappa shape index (κ1) is 13.5. The van der Waals surface area contributed by atoms with E-state index in [2.05, 4.69) is 0 Å². The van der Waals surface area contributed by atoms with Crippen LogP contribution in [0.3, 0.4) is 0 Å². The fourth-order valence-electron chi connectivity index (χ4n) is 2.01. The highest BCUT2D eigenvalue weighted by atomic mass is 16.5. The van der Waals surface area contributed by atoms with E-state index in [1.165, 1.54) is 21.3 Å². The summed E-state index contributed by atoms with van der Waals surface area (Å²) in [5.74, 6) is 1.16. The molecule has 1 aliphatic rings. The molecule has 6 heteroatoms. The topological polar surface area (TPSA) is 68.2 Å². The van der Waals surface area contributed by atoms with Gasteiger partial charge in [0.1, 0.15) is 0 Å². The molecule has 1 fully saturated rings. The predicted molar refractivity (Wildman–Crippen MR) is 68.0 cm³/mol. The number of hydrogen-bond acceptors (Lipinski definition) is 5. The summed E-state index contributed by atoms with van der Waals surface area (Å²) in [7, 11) is 4.51. The first-order valence-electron chi connectivity index (χ1n) is 5.88. The molecule has 1 heterocycles. The number of amides is 1. The molecule has 1 aliphatic heterocycles. The minimum Gasteiger partial charge on any atom is -0.493 e. The van der Waals surface area contributed by atoms with Crippen molar-refractivity contribution in [3.05, 3.63) is 17.7 Å². The SMILES string of the molecule is COc1cc(C(=O)N2CC(O)C2)cc(OC)c1OC. The molecular formula is C13H17NO5. The van der Waals surface area contributed by atoms with Crippen LogP contribution < -0.4 is 14.2 Å². The van der Waals surface area contributed by atoms with Crippen molar-refractivity contribution in [2.75, 3.05) is 34.4 Å². The summed E-state index contributed by atoms with van der Waals surface area (Å²) in [6.07, 6.45) is -0.425. The number of methoxy groups -OCH3 is 3. The first-order chi connectivity index (χ1) is 9.10. The van der Waals surface area contributed by atoms with Crippen molar-refractivity contribution in [1.29, 1.82) is 0 Å². The standard InChI is InChI=1S/C13H17NO5/c1-17-10-4-8(5-11(18-2)12(10)19-3)13(16)14-6-9(15)7-14/h4-5,9,15H,6-7H2,1-3H3. The maximum atomic E-state index is 12.2. The molecule has 0 bridgehead atoms. The summed E-state index contributed by atoms with van der Waals surface area (Å²) in [4.78, 5) is 13.7. The average Bonchev–Trinajstić information content (AvgIpc) is 2.41. The molecule has 104 valence electrons. The van der Waals surface area contributed by atoms with Crippen LogP contribution in [0.1, 0.15) is 10.4 Å². The van der Waals surface area contributed by atoms with Gasteiger partial charge in [-0.25, -0.2) is 0 Å². The van der Waals surface area contributed by atoms with E-state index in [1.54, 1.807) is 17.0 Å². The van der Waals surface area contributed by atoms with Gasteiger partial charge in [0.25, 0.3) is 5.91 Å². The molecule has 1 N–H and O–H groups in total. The van der Waals surface area contributed by atoms with E-state index in [0.29, 0.717) is 35.9 Å². The smallest absolute Gasteiger partial charge is 0.254 e. The number of ether oxygens (including phenoxy) is 3. The van der Waals surface area contributed by atoms with Crippen LogP contribution >= 0.6 is 0 Å². The van der Waals surface area contributed by atoms with E-state index < -0.39 is 6.10 Å². The second-order valence-electron chi connectivity index (χ2n) is 4.28. The maximum Gasteiger partial charge on any atom is 0.254 e. The Morgan fingerprint density at radius 3 is 2.05 bits per heavy atom. The van der Waals surface area contributed by atoms with Crippen LogP contribution in [0.2, 0.25) is 0 Å². The van der Waals surface area contributed by atoms with E-state index in [1.807, 2.05) is 0 Å². The Morgan fingerprint density at radius 2 is 1.68 bits per heavy atom. The van der Waals surface area contributed by atoms with E-state index in [-0.39, 0.29) is 5.91 Å². The molecule has 0 saturated carbocycles. The van der Waals surface area contributed by atoms with E-state index >= 15 is 0 Å². The monoisotopic (exact) mass is 267 g/mol. The largest absolute Gasteiger partial charge is 0.493 e. The Balaban J connectivity index is 2.33. The molecule has 1 saturated heterocycles. The summed E-state index contributed by atoms with van der Waals surface area (Å²) in [6.45, 7) is 0.713. The predicted octanol–water partition coefficient (Wildman–Crippen LogP) is 0.529. The maximum absolute atomic E-state index is 12.2. The highest BCUT2D eigenvalue weighted by Gasteiger charge is 2.30. The zero-order valence-corrected chi connectivity index (χ0v) is 11.2. The lowest BCUT2D eigenvalue weighted by Crippen LogP contribution is -2.53. The molecule has 0 unspecified atom stereocenters. The number of hydrogen-bond donors (Lipinski definition) is 1. The molecular weight excluding hydrogens is 250 g/mol. The number of β-amino-alcohol motifs (C(OH)–C–C–N with tert-alkyl or cyclic N) is 1. The zero-order chi connectivity index (χ0) is 14.0. The molecule has 1 aromatic rings. The Bertz CT molecular complexity index is 457. The third kappa shape index (κ3) is 2.44. The molecule has 6 nitrogen and oxygen atoms in total. The zero-order valence-electron chi connectivity index (χ0n) is 11.2. The highest BCUT2D eigenvalue weighted by Crippen LogP contribution is 2.38. The quantitative estimate of drug-likeness (QED) is 0.862. The van der Waals surface area contributed by atoms with Gasteiger partial charge in [-0.2, -0.15) is 0 Å². The second kappa shape index (κ2) is 5.36. The number of aliphatic hydroxyl groups excluding tert-OH is 1. The van der Waals surface area contributed by atoms with Gasteiger partial charge in [0.2, 0.25) is 5.75 Å². The van der Waals surface area contributed by atoms with Gasteiger partial charge in [-0.05, 0) is 12.1 Å². The number of carbonyl (C=O) groups excluding carboxylic acids is 1. The fraction of sp³-hybridized carbons (Fsp3) is 0.462. The third-order valence-corrected chi connectivity index (χ3v) is 3.06. The van der Waals surface area contributed by atoms with Crippen LogP contribution in [-0.4, -0.2) is 56.4 Å². The van der Waals surface area contributed by atoms with Crippen molar-refractivity contribution >= 4 is 5.91 Å². The lowest BCUT2D eigenvalue weighted by molar-refractivity contribution is 0.00585. The Hall–Kier alpha value is -1.95. The molecule has 0 aromatic heterocycles. The van der Waals surface area contributed by atoms with Crippen LogP contribution in [0.5, 0.6) is 17.2 Å². The average molecular weight is 267 g/mol. The highest BCUT2D eigenvalue weighted by molar-refractivity contribution is 5.96. The van der Waals surface area contributed by atoms with Gasteiger partial charge in [0.05, 0.1) is 27.4 Å². The van der Waals surface area contributed by atoms with Gasteiger partial charge in [0, 0.05) is 18.7 Å². The number of nitrogens with zero attached hydrogens (tertiary/aromatic N) is 1. The number of likely N-dealkylation sites (tertiary alicyclic amines) is 1. The fourth-order valence-corrected chi connectivity index (χ4v) is 2.01. The molecule has 1 amide bonds. The van der Waals surface area contributed by atoms with Crippen LogP contribution in [0.4, 0.5) is 0 Å². The van der Waals surface area contributed by atoms with E-state index in [9.17, 15) is 9.90 Å². The third-order valence-electron chi connectivity index (χ3n) is 3.06. The van der Waals surface area contributed by atoms with Crippen molar-refractivity contribution in [2.45, 2.75) is 6.10 Å². The number of aliphatic hydroxyl groups is 1. The molecule has 0 radical (unpaired) electrons. The molecule has 0 aliphatic carbocycles. The van der Waals surface area contributed by atoms with Crippen LogP contribution in [0.15, 0.2) is 12.1 Å². The van der Waals surface area contributed by atoms with Crippen molar-refractivity contribution in [3.8, 4) is 17.2 Å².